The molecule has 3 amide bonds. The third kappa shape index (κ3) is 15.3. The maximum Gasteiger partial charge on any atom is 0.527 e. The number of alkyl carbamates (subject to hydrolysis) is 1. The quantitative estimate of drug-likeness (QED) is 0.0262. The lowest BCUT2D eigenvalue weighted by atomic mass is 10.0. The van der Waals surface area contributed by atoms with E-state index in [0.717, 1.165) is 90.9 Å². The maximum atomic E-state index is 14.0. The van der Waals surface area contributed by atoms with Crippen molar-refractivity contribution in [2.45, 2.75) is 116 Å². The monoisotopic (exact) mass is 863 g/mol. The van der Waals surface area contributed by atoms with E-state index in [0.29, 0.717) is 13.0 Å². The third-order valence-corrected chi connectivity index (χ3v) is 11.2. The van der Waals surface area contributed by atoms with Gasteiger partial charge in [-0.2, -0.15) is 0 Å². The summed E-state index contributed by atoms with van der Waals surface area (Å²) in [4.78, 5) is 57.3. The predicted octanol–water partition coefficient (Wildman–Crippen LogP) is 9.68. The number of H-pyrrole nitrogens is 2. The van der Waals surface area contributed by atoms with Crippen LogP contribution in [0.3, 0.4) is 0 Å². The molecule has 5 rings (SSSR count). The van der Waals surface area contributed by atoms with Crippen molar-refractivity contribution in [2.24, 2.45) is 0 Å². The highest BCUT2D eigenvalue weighted by atomic mass is 35.5. The Balaban J connectivity index is 1.05. The van der Waals surface area contributed by atoms with Gasteiger partial charge in [-0.05, 0) is 74.9 Å². The average molecular weight is 864 g/mol. The Morgan fingerprint density at radius 3 is 2.08 bits per heavy atom. The van der Waals surface area contributed by atoms with Crippen LogP contribution in [0, 0.1) is 0 Å². The second-order valence-corrected chi connectivity index (χ2v) is 17.8. The standard InChI is InChI=1S/C45H59ClN5O8P/c1-45(2,3)58-44(54)51-40(30-34-28-32-20-12-15-23-37(32)49-34)43(53)50-39(29-33-31-48-38-24-16-13-21-35(33)38)42(52)47-26-18-10-8-6-4-5-7-9-11-19-27-57-60(55,56)59-41-25-17-14-22-36(41)46/h12-17,20-25,28,31,39-40,48-49H,4-11,18-19,26-27,29-30H2,1-3H3,(H,47,52)(H,50,53)(H,51,54)(H,55,56)/t39-,40+/m1/s1. The molecule has 0 fully saturated rings. The van der Waals surface area contributed by atoms with E-state index in [4.69, 9.17) is 25.4 Å². The zero-order valence-corrected chi connectivity index (χ0v) is 36.4. The fourth-order valence-corrected chi connectivity index (χ4v) is 8.00. The number of ether oxygens (including phenoxy) is 1. The summed E-state index contributed by atoms with van der Waals surface area (Å²) in [5.41, 5.74) is 2.72. The van der Waals surface area contributed by atoms with Gasteiger partial charge in [-0.15, -0.1) is 0 Å². The van der Waals surface area contributed by atoms with Crippen molar-refractivity contribution in [1.82, 2.24) is 25.9 Å². The fraction of sp³-hybridized carbons (Fsp3) is 0.444. The van der Waals surface area contributed by atoms with Crippen molar-refractivity contribution < 1.29 is 37.6 Å². The molecule has 0 aliphatic heterocycles. The number of halogens is 1. The smallest absolute Gasteiger partial charge is 0.444 e. The highest BCUT2D eigenvalue weighted by molar-refractivity contribution is 7.47. The minimum atomic E-state index is -4.23. The van der Waals surface area contributed by atoms with Gasteiger partial charge in [-0.25, -0.2) is 9.36 Å². The van der Waals surface area contributed by atoms with Gasteiger partial charge in [0, 0.05) is 47.7 Å². The Labute approximate surface area is 357 Å². The summed E-state index contributed by atoms with van der Waals surface area (Å²) in [6.07, 6.45) is 11.3. The van der Waals surface area contributed by atoms with Gasteiger partial charge in [0.1, 0.15) is 23.4 Å². The van der Waals surface area contributed by atoms with Crippen molar-refractivity contribution in [2.75, 3.05) is 13.2 Å². The summed E-state index contributed by atoms with van der Waals surface area (Å²) in [6, 6.07) is 22.1. The average Bonchev–Trinajstić information content (AvgIpc) is 3.81. The normalized spacial score (nSPS) is 13.7. The number of carbonyl (C=O) groups is 3. The molecule has 0 aliphatic carbocycles. The number of aromatic nitrogens is 2. The maximum absolute atomic E-state index is 14.0. The molecular formula is C45H59ClN5O8P. The lowest BCUT2D eigenvalue weighted by Crippen LogP contribution is -2.55. The predicted molar refractivity (Wildman–Crippen MR) is 236 cm³/mol. The van der Waals surface area contributed by atoms with Crippen LogP contribution < -0.4 is 20.5 Å². The molecule has 0 aliphatic rings. The first-order chi connectivity index (χ1) is 28.8. The van der Waals surface area contributed by atoms with Gasteiger partial charge in [0.05, 0.1) is 11.6 Å². The third-order valence-electron chi connectivity index (χ3n) is 9.92. The lowest BCUT2D eigenvalue weighted by molar-refractivity contribution is -0.130. The van der Waals surface area contributed by atoms with Crippen molar-refractivity contribution in [3.05, 3.63) is 101 Å². The van der Waals surface area contributed by atoms with Gasteiger partial charge in [0.15, 0.2) is 0 Å². The minimum Gasteiger partial charge on any atom is -0.444 e. The molecule has 15 heteroatoms. The number of phosphoric acid groups is 1. The number of fused-ring (bicyclic) bond motifs is 2. The largest absolute Gasteiger partial charge is 0.527 e. The number of nitrogens with one attached hydrogen (secondary N) is 5. The number of benzene rings is 3. The Morgan fingerprint density at radius 2 is 1.38 bits per heavy atom. The molecule has 6 N–H and O–H groups in total. The van der Waals surface area contributed by atoms with E-state index in [9.17, 15) is 23.8 Å². The van der Waals surface area contributed by atoms with Crippen LogP contribution in [-0.2, 0) is 36.3 Å². The fourth-order valence-electron chi connectivity index (χ4n) is 6.95. The van der Waals surface area contributed by atoms with E-state index >= 15 is 0 Å². The second kappa shape index (κ2) is 22.7. The summed E-state index contributed by atoms with van der Waals surface area (Å²) >= 11 is 5.99. The van der Waals surface area contributed by atoms with Crippen molar-refractivity contribution >= 4 is 59.1 Å². The summed E-state index contributed by atoms with van der Waals surface area (Å²) in [5.74, 6) is -0.681. The van der Waals surface area contributed by atoms with Gasteiger partial charge in [0.2, 0.25) is 11.8 Å². The van der Waals surface area contributed by atoms with E-state index in [1.165, 1.54) is 6.07 Å². The van der Waals surface area contributed by atoms with Gasteiger partial charge >= 0.3 is 13.9 Å². The first-order valence-corrected chi connectivity index (χ1v) is 22.7. The Kier molecular flexibility index (Phi) is 17.5. The molecule has 3 atom stereocenters. The van der Waals surface area contributed by atoms with Crippen LogP contribution in [0.4, 0.5) is 4.79 Å². The molecule has 324 valence electrons. The molecule has 0 saturated carbocycles. The van der Waals surface area contributed by atoms with Crippen molar-refractivity contribution in [3.8, 4) is 5.75 Å². The Morgan fingerprint density at radius 1 is 0.767 bits per heavy atom. The molecule has 0 bridgehead atoms. The number of amides is 3. The topological polar surface area (TPSA) is 184 Å². The Bertz CT molecular complexity index is 2170. The van der Waals surface area contributed by atoms with Crippen LogP contribution in [0.15, 0.2) is 85.1 Å². The van der Waals surface area contributed by atoms with Crippen LogP contribution in [-0.4, -0.2) is 63.6 Å². The van der Waals surface area contributed by atoms with Crippen molar-refractivity contribution in [1.29, 1.82) is 0 Å². The molecule has 3 aromatic carbocycles. The molecular weight excluding hydrogens is 805 g/mol. The molecule has 0 radical (unpaired) electrons. The number of rotatable bonds is 24. The first-order valence-electron chi connectivity index (χ1n) is 20.9. The Hall–Kier alpha value is -4.81. The van der Waals surface area contributed by atoms with E-state index in [1.807, 2.05) is 60.8 Å². The first kappa shape index (κ1) is 46.3. The number of unbranched alkanes of at least 4 members (excludes halogenated alkanes) is 9. The van der Waals surface area contributed by atoms with Crippen LogP contribution in [0.5, 0.6) is 5.75 Å². The SMILES string of the molecule is CC(C)(C)OC(=O)N[C@@H](Cc1cc2ccccc2[nH]1)C(=O)N[C@H](Cc1c[nH]c2ccccc12)C(=O)NCCCCCCCCCCCCOP(=O)(O)Oc1ccccc1Cl. The molecule has 0 saturated heterocycles. The molecule has 0 spiro atoms. The van der Waals surface area contributed by atoms with Gasteiger partial charge < -0.3 is 35.2 Å². The molecule has 60 heavy (non-hydrogen) atoms. The zero-order valence-electron chi connectivity index (χ0n) is 34.8. The zero-order chi connectivity index (χ0) is 43.0. The number of hydrogen-bond donors (Lipinski definition) is 6. The highest BCUT2D eigenvalue weighted by Crippen LogP contribution is 2.45. The van der Waals surface area contributed by atoms with E-state index in [1.54, 1.807) is 39.0 Å². The number of carbonyl (C=O) groups excluding carboxylic acids is 3. The van der Waals surface area contributed by atoms with Crippen LogP contribution in [0.25, 0.3) is 21.8 Å². The summed E-state index contributed by atoms with van der Waals surface area (Å²) in [5, 5.41) is 11.0. The van der Waals surface area contributed by atoms with Gasteiger partial charge in [-0.1, -0.05) is 111 Å². The number of para-hydroxylation sites is 3. The van der Waals surface area contributed by atoms with Crippen molar-refractivity contribution in [3.63, 3.8) is 0 Å². The van der Waals surface area contributed by atoms with Crippen LogP contribution in [0.1, 0.15) is 96.2 Å². The number of aromatic amines is 2. The molecule has 2 aromatic heterocycles. The van der Waals surface area contributed by atoms with Gasteiger partial charge in [-0.3, -0.25) is 19.0 Å². The second-order valence-electron chi connectivity index (χ2n) is 16.1. The highest BCUT2D eigenvalue weighted by Gasteiger charge is 2.30. The molecule has 2 heterocycles. The van der Waals surface area contributed by atoms with Crippen LogP contribution in [0.2, 0.25) is 5.02 Å². The number of hydrogen-bond acceptors (Lipinski definition) is 7. The van der Waals surface area contributed by atoms with Crippen LogP contribution >= 0.6 is 19.4 Å². The summed E-state index contributed by atoms with van der Waals surface area (Å²) in [6.45, 7) is 5.87. The molecule has 1 unspecified atom stereocenters. The van der Waals surface area contributed by atoms with E-state index < -0.39 is 37.5 Å². The lowest BCUT2D eigenvalue weighted by Gasteiger charge is -2.25. The summed E-state index contributed by atoms with van der Waals surface area (Å²) in [7, 11) is -4.23. The molecule has 5 aromatic rings. The number of phosphoric ester groups is 1. The minimum absolute atomic E-state index is 0.112. The van der Waals surface area contributed by atoms with Gasteiger partial charge in [0.25, 0.3) is 0 Å². The summed E-state index contributed by atoms with van der Waals surface area (Å²) < 4.78 is 27.9. The van der Waals surface area contributed by atoms with E-state index in [2.05, 4.69) is 25.9 Å². The molecule has 13 nitrogen and oxygen atoms in total. The van der Waals surface area contributed by atoms with E-state index in [-0.39, 0.29) is 36.1 Å².